The van der Waals surface area contributed by atoms with E-state index in [4.69, 9.17) is 52.6 Å². The van der Waals surface area contributed by atoms with Crippen molar-refractivity contribution < 1.29 is 42.6 Å². The van der Waals surface area contributed by atoms with Gasteiger partial charge in [-0.2, -0.15) is 0 Å². The van der Waals surface area contributed by atoms with Crippen LogP contribution >= 0.6 is 0 Å². The van der Waals surface area contributed by atoms with Gasteiger partial charge in [-0.3, -0.25) is 9.20 Å². The van der Waals surface area contributed by atoms with E-state index in [1.165, 1.54) is 0 Å². The number of H-pyrrole nitrogens is 1. The second kappa shape index (κ2) is 16.0. The summed E-state index contributed by atoms with van der Waals surface area (Å²) in [6, 6.07) is 26.8. The van der Waals surface area contributed by atoms with Gasteiger partial charge in [-0.1, -0.05) is 0 Å². The second-order valence-electron chi connectivity index (χ2n) is 16.2. The van der Waals surface area contributed by atoms with E-state index in [2.05, 4.69) is 4.98 Å². The van der Waals surface area contributed by atoms with Crippen molar-refractivity contribution >= 4 is 72.2 Å². The lowest BCUT2D eigenvalue weighted by Gasteiger charge is -2.14. The number of aromatic nitrogens is 4. The van der Waals surface area contributed by atoms with Gasteiger partial charge in [-0.25, -0.2) is 9.97 Å². The second-order valence-corrected chi connectivity index (χ2v) is 16.2. The Bertz CT molecular complexity index is 3810. The number of ether oxygens (including phenoxy) is 9. The molecular formula is C54H44N4O10. The summed E-state index contributed by atoms with van der Waals surface area (Å²) in [7, 11) is 14.4. The van der Waals surface area contributed by atoms with Crippen molar-refractivity contribution in [3.63, 3.8) is 0 Å². The number of fused-ring (bicyclic) bond motifs is 8. The maximum atomic E-state index is 16.1. The highest BCUT2D eigenvalue weighted by molar-refractivity contribution is 6.38. The number of methoxy groups -OCH3 is 9. The lowest BCUT2D eigenvalue weighted by Crippen LogP contribution is -2.13. The summed E-state index contributed by atoms with van der Waals surface area (Å²) in [6.45, 7) is 0. The van der Waals surface area contributed by atoms with Crippen molar-refractivity contribution in [2.75, 3.05) is 64.0 Å². The van der Waals surface area contributed by atoms with E-state index < -0.39 is 0 Å². The van der Waals surface area contributed by atoms with Crippen LogP contribution < -0.4 is 48.2 Å². The van der Waals surface area contributed by atoms with Gasteiger partial charge in [-0.15, -0.1) is 0 Å². The van der Waals surface area contributed by atoms with Crippen LogP contribution in [0.4, 0.5) is 0 Å². The minimum atomic E-state index is -0.302. The van der Waals surface area contributed by atoms with Gasteiger partial charge in [-0.05, 0) is 95.6 Å². The van der Waals surface area contributed by atoms with Crippen LogP contribution in [-0.4, -0.2) is 83.3 Å². The molecule has 6 bridgehead atoms. The molecule has 14 nitrogen and oxygen atoms in total. The summed E-state index contributed by atoms with van der Waals surface area (Å²) in [4.78, 5) is 30.8. The van der Waals surface area contributed by atoms with E-state index in [0.29, 0.717) is 134 Å². The molecule has 10 aromatic rings. The molecule has 1 N–H and O–H groups in total. The van der Waals surface area contributed by atoms with Gasteiger partial charge in [0.2, 0.25) is 5.75 Å². The Labute approximate surface area is 388 Å². The predicted octanol–water partition coefficient (Wildman–Crippen LogP) is 10.7. The molecule has 14 heteroatoms. The van der Waals surface area contributed by atoms with Gasteiger partial charge in [0.1, 0.15) is 34.5 Å². The third-order valence-corrected chi connectivity index (χ3v) is 12.9. The fraction of sp³-hybridized carbons (Fsp3) is 0.167. The molecule has 0 saturated carbocycles. The molecule has 0 aliphatic carbocycles. The molecule has 68 heavy (non-hydrogen) atoms. The summed E-state index contributed by atoms with van der Waals surface area (Å²) >= 11 is 0. The summed E-state index contributed by atoms with van der Waals surface area (Å²) in [5.74, 6) is 4.67. The molecular weight excluding hydrogens is 865 g/mol. The monoisotopic (exact) mass is 908 g/mol. The van der Waals surface area contributed by atoms with Crippen LogP contribution in [0.15, 0.2) is 89.7 Å². The maximum Gasteiger partial charge on any atom is 0.265 e. The Kier molecular flexibility index (Phi) is 9.92. The average Bonchev–Trinajstić information content (AvgIpc) is 4.24. The first-order valence-corrected chi connectivity index (χ1v) is 21.5. The first-order chi connectivity index (χ1) is 33.2. The van der Waals surface area contributed by atoms with E-state index in [1.54, 1.807) is 74.5 Å². The molecule has 0 atom stereocenters. The van der Waals surface area contributed by atoms with E-state index in [0.717, 1.165) is 22.2 Å². The molecule has 0 amide bonds. The quantitative estimate of drug-likeness (QED) is 0.124. The number of hydrogen-bond acceptors (Lipinski definition) is 12. The van der Waals surface area contributed by atoms with Crippen molar-refractivity contribution in [2.24, 2.45) is 0 Å². The highest BCUT2D eigenvalue weighted by Gasteiger charge is 2.30. The van der Waals surface area contributed by atoms with E-state index >= 15 is 4.79 Å². The molecule has 5 aromatic carbocycles. The van der Waals surface area contributed by atoms with Gasteiger partial charge in [0.25, 0.3) is 5.56 Å². The molecule has 1 aliphatic rings. The average molecular weight is 909 g/mol. The van der Waals surface area contributed by atoms with Crippen molar-refractivity contribution in [2.45, 2.75) is 0 Å². The third-order valence-electron chi connectivity index (χ3n) is 12.9. The third kappa shape index (κ3) is 6.13. The number of nitrogens with zero attached hydrogens (tertiary/aromatic N) is 3. The Morgan fingerprint density at radius 2 is 0.912 bits per heavy atom. The Morgan fingerprint density at radius 1 is 0.426 bits per heavy atom. The Morgan fingerprint density at radius 3 is 1.43 bits per heavy atom. The summed E-state index contributed by atoms with van der Waals surface area (Å²) < 4.78 is 54.8. The lowest BCUT2D eigenvalue weighted by atomic mass is 10.0. The van der Waals surface area contributed by atoms with Crippen LogP contribution in [0, 0.1) is 0 Å². The molecule has 11 rings (SSSR count). The Hall–Kier alpha value is -8.65. The normalized spacial score (nSPS) is 11.9. The van der Waals surface area contributed by atoms with Gasteiger partial charge < -0.3 is 47.6 Å². The number of benzene rings is 4. The maximum absolute atomic E-state index is 16.1. The van der Waals surface area contributed by atoms with Crippen LogP contribution in [-0.2, 0) is 0 Å². The first-order valence-electron chi connectivity index (χ1n) is 21.5. The Balaban J connectivity index is 1.47. The smallest absolute Gasteiger partial charge is 0.265 e. The number of rotatable bonds is 12. The number of pyridine rings is 1. The number of aromatic amines is 1. The highest BCUT2D eigenvalue weighted by Crippen LogP contribution is 2.53. The van der Waals surface area contributed by atoms with Crippen molar-refractivity contribution in [1.29, 1.82) is 0 Å². The van der Waals surface area contributed by atoms with E-state index in [9.17, 15) is 0 Å². The van der Waals surface area contributed by atoms with E-state index in [1.807, 2.05) is 91.0 Å². The molecule has 0 fully saturated rings. The molecule has 6 heterocycles. The molecule has 0 spiro atoms. The molecule has 1 aliphatic heterocycles. The zero-order valence-corrected chi connectivity index (χ0v) is 38.7. The summed E-state index contributed by atoms with van der Waals surface area (Å²) in [5.41, 5.74) is 8.85. The molecule has 0 saturated heterocycles. The van der Waals surface area contributed by atoms with Gasteiger partial charge in [0.15, 0.2) is 11.5 Å². The van der Waals surface area contributed by atoms with Crippen LogP contribution in [0.25, 0.3) is 106 Å². The highest BCUT2D eigenvalue weighted by atomic mass is 16.5. The van der Waals surface area contributed by atoms with Gasteiger partial charge in [0.05, 0.1) is 103 Å². The number of nitrogens with one attached hydrogen (secondary N) is 1. The zero-order chi connectivity index (χ0) is 47.1. The fourth-order valence-electron chi connectivity index (χ4n) is 9.89. The molecule has 5 aromatic heterocycles. The van der Waals surface area contributed by atoms with Crippen molar-refractivity contribution in [1.82, 2.24) is 19.4 Å². The SMILES string of the molecule is COc1cc(OC)cc(-c2c3nc(c(-c4cc(OC)cc(OC)c4)c4ccc5c(-c6cc(OC)cc(OC)c6)c6nc7c8cc(OC)c(OC)c(OC)c8c(c8ccc2[nH]8)c7c6c(=O)n45)C=C3)c1. The first kappa shape index (κ1) is 42.0. The van der Waals surface area contributed by atoms with Crippen LogP contribution in [0.3, 0.4) is 0 Å². The minimum Gasteiger partial charge on any atom is -0.497 e. The summed E-state index contributed by atoms with van der Waals surface area (Å²) in [5, 5.41) is 3.03. The van der Waals surface area contributed by atoms with Gasteiger partial charge >= 0.3 is 0 Å². The van der Waals surface area contributed by atoms with Crippen molar-refractivity contribution in [3.8, 4) is 85.1 Å². The van der Waals surface area contributed by atoms with Crippen molar-refractivity contribution in [3.05, 3.63) is 107 Å². The summed E-state index contributed by atoms with van der Waals surface area (Å²) in [6.07, 6.45) is 3.94. The topological polar surface area (TPSA) is 146 Å². The lowest BCUT2D eigenvalue weighted by molar-refractivity contribution is 0.327. The predicted molar refractivity (Wildman–Crippen MR) is 265 cm³/mol. The van der Waals surface area contributed by atoms with Crippen LogP contribution in [0.2, 0.25) is 0 Å². The minimum absolute atomic E-state index is 0.302. The molecule has 0 unspecified atom stereocenters. The standard InChI is InChI=1S/C54H44N4O10/c1-60-29-16-26(17-30(22-29)61-2)43-36-10-12-38(55-36)44(27-18-31(62-3)23-32(19-27)63-4)40-14-15-41-45(28-20-33(64-5)24-34(21-28)65-6)51-49(54(59)58(40)41)48-47(39-13-11-37(43)56-39)46-35(50(48)57-51)25-42(66-7)52(67-8)53(46)68-9/h10-25,56H,1-9H3. The number of hydrogen-bond donors (Lipinski definition) is 1. The van der Waals surface area contributed by atoms with Crippen LogP contribution in [0.5, 0.6) is 51.7 Å². The van der Waals surface area contributed by atoms with Crippen LogP contribution in [0.1, 0.15) is 11.4 Å². The fourth-order valence-corrected chi connectivity index (χ4v) is 9.89. The van der Waals surface area contributed by atoms with E-state index in [-0.39, 0.29) is 5.56 Å². The molecule has 340 valence electrons. The zero-order valence-electron chi connectivity index (χ0n) is 38.7. The molecule has 0 radical (unpaired) electrons. The largest absolute Gasteiger partial charge is 0.497 e. The van der Waals surface area contributed by atoms with Gasteiger partial charge in [0, 0.05) is 67.5 Å².